The van der Waals surface area contributed by atoms with E-state index in [4.69, 9.17) is 4.74 Å². The van der Waals surface area contributed by atoms with Gasteiger partial charge in [0.15, 0.2) is 4.34 Å². The van der Waals surface area contributed by atoms with E-state index in [0.29, 0.717) is 5.13 Å². The van der Waals surface area contributed by atoms with E-state index in [1.807, 2.05) is 54.6 Å². The number of aromatic nitrogens is 2. The number of methoxy groups -OCH3 is 1. The zero-order valence-electron chi connectivity index (χ0n) is 13.4. The second kappa shape index (κ2) is 8.50. The first kappa shape index (κ1) is 17.2. The number of hydrogen-bond acceptors (Lipinski definition) is 7. The SMILES string of the molecule is COc1ccc(Nc2nnc(SCC(=O)Nc3ccccc3)s2)cc1. The van der Waals surface area contributed by atoms with Crippen LogP contribution in [0.1, 0.15) is 0 Å². The van der Waals surface area contributed by atoms with Crippen molar-refractivity contribution in [2.75, 3.05) is 23.5 Å². The van der Waals surface area contributed by atoms with Crippen molar-refractivity contribution in [3.05, 3.63) is 54.6 Å². The van der Waals surface area contributed by atoms with Gasteiger partial charge in [-0.05, 0) is 36.4 Å². The summed E-state index contributed by atoms with van der Waals surface area (Å²) in [7, 11) is 1.63. The molecule has 0 unspecified atom stereocenters. The number of thioether (sulfide) groups is 1. The van der Waals surface area contributed by atoms with Crippen molar-refractivity contribution in [3.63, 3.8) is 0 Å². The van der Waals surface area contributed by atoms with Crippen LogP contribution in [-0.4, -0.2) is 29.0 Å². The van der Waals surface area contributed by atoms with Crippen LogP contribution in [-0.2, 0) is 4.79 Å². The summed E-state index contributed by atoms with van der Waals surface area (Å²) in [5.74, 6) is 1.01. The Morgan fingerprint density at radius 1 is 1.08 bits per heavy atom. The zero-order chi connectivity index (χ0) is 17.5. The fourth-order valence-electron chi connectivity index (χ4n) is 1.96. The number of carbonyl (C=O) groups excluding carboxylic acids is 1. The van der Waals surface area contributed by atoms with Gasteiger partial charge in [-0.25, -0.2) is 0 Å². The number of amides is 1. The Morgan fingerprint density at radius 3 is 2.56 bits per heavy atom. The van der Waals surface area contributed by atoms with Crippen molar-refractivity contribution in [2.45, 2.75) is 4.34 Å². The van der Waals surface area contributed by atoms with E-state index < -0.39 is 0 Å². The van der Waals surface area contributed by atoms with E-state index >= 15 is 0 Å². The largest absolute Gasteiger partial charge is 0.497 e. The molecule has 8 heteroatoms. The lowest BCUT2D eigenvalue weighted by Crippen LogP contribution is -2.13. The van der Waals surface area contributed by atoms with E-state index in [1.165, 1.54) is 23.1 Å². The van der Waals surface area contributed by atoms with Crippen LogP contribution in [0, 0.1) is 0 Å². The Labute approximate surface area is 153 Å². The minimum Gasteiger partial charge on any atom is -0.497 e. The molecule has 0 saturated heterocycles. The minimum atomic E-state index is -0.0731. The second-order valence-corrected chi connectivity index (χ2v) is 7.13. The highest BCUT2D eigenvalue weighted by Crippen LogP contribution is 2.28. The molecule has 0 aliphatic carbocycles. The summed E-state index contributed by atoms with van der Waals surface area (Å²) in [6.45, 7) is 0. The molecule has 0 bridgehead atoms. The van der Waals surface area contributed by atoms with Gasteiger partial charge in [-0.3, -0.25) is 4.79 Å². The first-order valence-corrected chi connectivity index (χ1v) is 9.25. The van der Waals surface area contributed by atoms with Crippen LogP contribution in [0.4, 0.5) is 16.5 Å². The van der Waals surface area contributed by atoms with Gasteiger partial charge in [0.25, 0.3) is 0 Å². The Bertz CT molecular complexity index is 822. The number of carbonyl (C=O) groups is 1. The number of anilines is 3. The van der Waals surface area contributed by atoms with Gasteiger partial charge in [-0.1, -0.05) is 41.3 Å². The summed E-state index contributed by atoms with van der Waals surface area (Å²) in [6, 6.07) is 16.9. The first-order valence-electron chi connectivity index (χ1n) is 7.45. The average molecular weight is 372 g/mol. The highest BCUT2D eigenvalue weighted by molar-refractivity contribution is 8.01. The van der Waals surface area contributed by atoms with E-state index in [-0.39, 0.29) is 11.7 Å². The van der Waals surface area contributed by atoms with Gasteiger partial charge in [-0.2, -0.15) is 0 Å². The number of hydrogen-bond donors (Lipinski definition) is 2. The van der Waals surface area contributed by atoms with Crippen molar-refractivity contribution in [3.8, 4) is 5.75 Å². The average Bonchev–Trinajstić information content (AvgIpc) is 3.09. The number of nitrogens with zero attached hydrogens (tertiary/aromatic N) is 2. The summed E-state index contributed by atoms with van der Waals surface area (Å²) < 4.78 is 5.86. The highest BCUT2D eigenvalue weighted by Gasteiger charge is 2.09. The van der Waals surface area contributed by atoms with Crippen molar-refractivity contribution in [1.29, 1.82) is 0 Å². The maximum absolute atomic E-state index is 11.9. The Balaban J connectivity index is 1.50. The van der Waals surface area contributed by atoms with Crippen molar-refractivity contribution >= 4 is 45.5 Å². The van der Waals surface area contributed by atoms with Gasteiger partial charge in [0.05, 0.1) is 12.9 Å². The van der Waals surface area contributed by atoms with Crippen LogP contribution in [0.15, 0.2) is 58.9 Å². The molecule has 0 radical (unpaired) electrons. The maximum atomic E-state index is 11.9. The molecule has 0 fully saturated rings. The Kier molecular flexibility index (Phi) is 5.86. The molecule has 0 aliphatic rings. The van der Waals surface area contributed by atoms with Gasteiger partial charge < -0.3 is 15.4 Å². The lowest BCUT2D eigenvalue weighted by Gasteiger charge is -2.03. The van der Waals surface area contributed by atoms with E-state index in [2.05, 4.69) is 20.8 Å². The summed E-state index contributed by atoms with van der Waals surface area (Å²) in [6.07, 6.45) is 0. The molecule has 2 N–H and O–H groups in total. The third-order valence-electron chi connectivity index (χ3n) is 3.13. The topological polar surface area (TPSA) is 76.1 Å². The normalized spacial score (nSPS) is 10.3. The fourth-order valence-corrected chi connectivity index (χ4v) is 3.53. The smallest absolute Gasteiger partial charge is 0.234 e. The maximum Gasteiger partial charge on any atom is 0.234 e. The quantitative estimate of drug-likeness (QED) is 0.610. The molecule has 25 heavy (non-hydrogen) atoms. The first-order chi connectivity index (χ1) is 12.2. The number of ether oxygens (including phenoxy) is 1. The van der Waals surface area contributed by atoms with Crippen molar-refractivity contribution in [1.82, 2.24) is 10.2 Å². The molecule has 3 aromatic rings. The lowest BCUT2D eigenvalue weighted by molar-refractivity contribution is -0.113. The summed E-state index contributed by atoms with van der Waals surface area (Å²) in [5, 5.41) is 14.9. The number of nitrogens with one attached hydrogen (secondary N) is 2. The highest BCUT2D eigenvalue weighted by atomic mass is 32.2. The Morgan fingerprint density at radius 2 is 1.84 bits per heavy atom. The molecule has 3 rings (SSSR count). The third-order valence-corrected chi connectivity index (χ3v) is 5.10. The van der Waals surface area contributed by atoms with E-state index in [1.54, 1.807) is 7.11 Å². The van der Waals surface area contributed by atoms with Gasteiger partial charge in [0, 0.05) is 11.4 Å². The molecule has 2 aromatic carbocycles. The molecule has 0 spiro atoms. The van der Waals surface area contributed by atoms with Gasteiger partial charge in [0.1, 0.15) is 5.75 Å². The molecule has 0 atom stereocenters. The molecular weight excluding hydrogens is 356 g/mol. The second-order valence-electron chi connectivity index (χ2n) is 4.93. The van der Waals surface area contributed by atoms with Crippen LogP contribution in [0.5, 0.6) is 5.75 Å². The van der Waals surface area contributed by atoms with E-state index in [9.17, 15) is 4.79 Å². The minimum absolute atomic E-state index is 0.0731. The molecule has 0 saturated carbocycles. The molecule has 1 heterocycles. The number of benzene rings is 2. The lowest BCUT2D eigenvalue weighted by atomic mass is 10.3. The summed E-state index contributed by atoms with van der Waals surface area (Å²) in [4.78, 5) is 11.9. The van der Waals surface area contributed by atoms with Crippen LogP contribution in [0.3, 0.4) is 0 Å². The molecular formula is C17H16N4O2S2. The predicted octanol–water partition coefficient (Wildman–Crippen LogP) is 4.02. The predicted molar refractivity (Wildman–Crippen MR) is 102 cm³/mol. The molecule has 128 valence electrons. The molecule has 6 nitrogen and oxygen atoms in total. The third kappa shape index (κ3) is 5.20. The van der Waals surface area contributed by atoms with Crippen molar-refractivity contribution < 1.29 is 9.53 Å². The van der Waals surface area contributed by atoms with Gasteiger partial charge in [0.2, 0.25) is 11.0 Å². The standard InChI is InChI=1S/C17H16N4O2S2/c1-23-14-9-7-13(8-10-14)19-16-20-21-17(25-16)24-11-15(22)18-12-5-3-2-4-6-12/h2-10H,11H2,1H3,(H,18,22)(H,19,20). The van der Waals surface area contributed by atoms with E-state index in [0.717, 1.165) is 21.5 Å². The summed E-state index contributed by atoms with van der Waals surface area (Å²) in [5.41, 5.74) is 1.68. The number of para-hydroxylation sites is 1. The molecule has 1 amide bonds. The van der Waals surface area contributed by atoms with Crippen LogP contribution in [0.2, 0.25) is 0 Å². The van der Waals surface area contributed by atoms with Crippen molar-refractivity contribution in [2.24, 2.45) is 0 Å². The van der Waals surface area contributed by atoms with Crippen LogP contribution in [0.25, 0.3) is 0 Å². The fraction of sp³-hybridized carbons (Fsp3) is 0.118. The number of rotatable bonds is 7. The molecule has 1 aromatic heterocycles. The molecule has 0 aliphatic heterocycles. The van der Waals surface area contributed by atoms with Gasteiger partial charge >= 0.3 is 0 Å². The Hall–Kier alpha value is -2.58. The van der Waals surface area contributed by atoms with Gasteiger partial charge in [-0.15, -0.1) is 10.2 Å². The monoisotopic (exact) mass is 372 g/mol. The van der Waals surface area contributed by atoms with Crippen LogP contribution >= 0.6 is 23.1 Å². The summed E-state index contributed by atoms with van der Waals surface area (Å²) >= 11 is 2.76. The zero-order valence-corrected chi connectivity index (χ0v) is 15.1. The van der Waals surface area contributed by atoms with Crippen LogP contribution < -0.4 is 15.4 Å².